The lowest BCUT2D eigenvalue weighted by Crippen LogP contribution is -2.29. The third-order valence-corrected chi connectivity index (χ3v) is 5.14. The summed E-state index contributed by atoms with van der Waals surface area (Å²) in [5.74, 6) is 0.946. The number of aromatic nitrogens is 3. The lowest BCUT2D eigenvalue weighted by molar-refractivity contribution is 0.126. The lowest BCUT2D eigenvalue weighted by atomic mass is 9.93. The van der Waals surface area contributed by atoms with Crippen molar-refractivity contribution >= 4 is 23.1 Å². The van der Waals surface area contributed by atoms with Gasteiger partial charge in [0.25, 0.3) is 0 Å². The first-order chi connectivity index (χ1) is 14.6. The topological polar surface area (TPSA) is 92.9 Å². The second-order valence-corrected chi connectivity index (χ2v) is 7.38. The van der Waals surface area contributed by atoms with E-state index in [4.69, 9.17) is 9.47 Å². The summed E-state index contributed by atoms with van der Waals surface area (Å²) in [4.78, 5) is 4.51. The highest BCUT2D eigenvalue weighted by molar-refractivity contribution is 5.59. The van der Waals surface area contributed by atoms with Crippen molar-refractivity contribution in [3.8, 4) is 5.75 Å². The van der Waals surface area contributed by atoms with Crippen molar-refractivity contribution in [2.24, 2.45) is 0 Å². The number of hydrogen-bond donors (Lipinski definition) is 3. The number of aliphatic hydroxyl groups excluding tert-OH is 1. The standard InChI is InChI=1S/C21H26FN5O3/c1-29-11-12-30-18-13-15(7-10-17(18)22)24-21-25-20-4-2-3-19(27(20)26-21)23-14-5-8-16(28)9-6-14/h2-4,7,10,13-14,16,23,28H,5-6,8-9,11-12H2,1H3,(H,24,26). The second-order valence-electron chi connectivity index (χ2n) is 7.38. The fourth-order valence-corrected chi connectivity index (χ4v) is 3.55. The number of anilines is 3. The molecule has 1 aliphatic carbocycles. The highest BCUT2D eigenvalue weighted by Gasteiger charge is 2.20. The van der Waals surface area contributed by atoms with E-state index >= 15 is 0 Å². The Morgan fingerprint density at radius 2 is 2.00 bits per heavy atom. The van der Waals surface area contributed by atoms with E-state index < -0.39 is 5.82 Å². The van der Waals surface area contributed by atoms with Crippen LogP contribution in [-0.2, 0) is 4.74 Å². The van der Waals surface area contributed by atoms with Crippen LogP contribution in [0, 0.1) is 5.82 Å². The smallest absolute Gasteiger partial charge is 0.247 e. The first-order valence-electron chi connectivity index (χ1n) is 10.1. The van der Waals surface area contributed by atoms with Crippen LogP contribution >= 0.6 is 0 Å². The maximum atomic E-state index is 13.9. The molecule has 1 fully saturated rings. The van der Waals surface area contributed by atoms with Gasteiger partial charge in [-0.3, -0.25) is 0 Å². The Balaban J connectivity index is 1.49. The van der Waals surface area contributed by atoms with Gasteiger partial charge in [0.1, 0.15) is 12.4 Å². The van der Waals surface area contributed by atoms with Crippen LogP contribution in [0.3, 0.4) is 0 Å². The molecule has 1 aromatic carbocycles. The third-order valence-electron chi connectivity index (χ3n) is 5.14. The molecule has 4 rings (SSSR count). The van der Waals surface area contributed by atoms with Crippen LogP contribution in [0.2, 0.25) is 0 Å². The van der Waals surface area contributed by atoms with E-state index in [-0.39, 0.29) is 18.5 Å². The Kier molecular flexibility index (Phi) is 6.29. The zero-order valence-corrected chi connectivity index (χ0v) is 16.8. The number of benzene rings is 1. The number of methoxy groups -OCH3 is 1. The molecule has 3 aromatic rings. The molecule has 0 amide bonds. The third kappa shape index (κ3) is 4.80. The number of nitrogens with one attached hydrogen (secondary N) is 2. The molecule has 0 atom stereocenters. The van der Waals surface area contributed by atoms with Gasteiger partial charge in [0.05, 0.1) is 12.7 Å². The average molecular weight is 415 g/mol. The summed E-state index contributed by atoms with van der Waals surface area (Å²) < 4.78 is 26.0. The maximum Gasteiger partial charge on any atom is 0.247 e. The Labute approximate surface area is 174 Å². The first kappa shape index (κ1) is 20.4. The van der Waals surface area contributed by atoms with E-state index in [1.807, 2.05) is 18.2 Å². The zero-order chi connectivity index (χ0) is 20.9. The number of ether oxygens (including phenoxy) is 2. The van der Waals surface area contributed by atoms with Gasteiger partial charge in [-0.25, -0.2) is 4.39 Å². The molecule has 1 saturated carbocycles. The molecule has 0 unspecified atom stereocenters. The van der Waals surface area contributed by atoms with Crippen LogP contribution in [0.15, 0.2) is 36.4 Å². The number of rotatable bonds is 8. The minimum absolute atomic E-state index is 0.141. The summed E-state index contributed by atoms with van der Waals surface area (Å²) in [6.45, 7) is 0.636. The quantitative estimate of drug-likeness (QED) is 0.486. The SMILES string of the molecule is COCCOc1cc(Nc2nc3cccc(NC4CCC(O)CC4)n3n2)ccc1F. The molecule has 0 radical (unpaired) electrons. The van der Waals surface area contributed by atoms with Gasteiger partial charge >= 0.3 is 0 Å². The van der Waals surface area contributed by atoms with E-state index in [9.17, 15) is 9.50 Å². The predicted molar refractivity (Wildman–Crippen MR) is 112 cm³/mol. The van der Waals surface area contributed by atoms with Gasteiger partial charge in [-0.2, -0.15) is 9.50 Å². The van der Waals surface area contributed by atoms with Crippen molar-refractivity contribution in [3.05, 3.63) is 42.2 Å². The highest BCUT2D eigenvalue weighted by Crippen LogP contribution is 2.25. The minimum atomic E-state index is -0.441. The lowest BCUT2D eigenvalue weighted by Gasteiger charge is -2.26. The Bertz CT molecular complexity index is 988. The van der Waals surface area contributed by atoms with Gasteiger partial charge in [0, 0.05) is 24.9 Å². The molecular formula is C21H26FN5O3. The Hall–Kier alpha value is -2.91. The van der Waals surface area contributed by atoms with E-state index in [0.717, 1.165) is 31.5 Å². The molecule has 30 heavy (non-hydrogen) atoms. The molecule has 1 aliphatic rings. The molecule has 9 heteroatoms. The highest BCUT2D eigenvalue weighted by atomic mass is 19.1. The van der Waals surface area contributed by atoms with E-state index in [1.165, 1.54) is 6.07 Å². The van der Waals surface area contributed by atoms with Crippen LogP contribution in [0.4, 0.5) is 21.8 Å². The Morgan fingerprint density at radius 3 is 2.80 bits per heavy atom. The fourth-order valence-electron chi connectivity index (χ4n) is 3.55. The van der Waals surface area contributed by atoms with E-state index in [2.05, 4.69) is 20.7 Å². The van der Waals surface area contributed by atoms with Crippen molar-refractivity contribution < 1.29 is 19.0 Å². The number of fused-ring (bicyclic) bond motifs is 1. The van der Waals surface area contributed by atoms with Crippen molar-refractivity contribution in [1.82, 2.24) is 14.6 Å². The van der Waals surface area contributed by atoms with E-state index in [0.29, 0.717) is 29.9 Å². The van der Waals surface area contributed by atoms with Crippen LogP contribution < -0.4 is 15.4 Å². The average Bonchev–Trinajstić information content (AvgIpc) is 3.16. The van der Waals surface area contributed by atoms with Crippen molar-refractivity contribution in [2.45, 2.75) is 37.8 Å². The minimum Gasteiger partial charge on any atom is -0.488 e. The fraction of sp³-hybridized carbons (Fsp3) is 0.429. The monoisotopic (exact) mass is 415 g/mol. The summed E-state index contributed by atoms with van der Waals surface area (Å²) in [7, 11) is 1.56. The van der Waals surface area contributed by atoms with Crippen molar-refractivity contribution in [3.63, 3.8) is 0 Å². The molecule has 0 spiro atoms. The predicted octanol–water partition coefficient (Wildman–Crippen LogP) is 3.35. The molecule has 3 N–H and O–H groups in total. The summed E-state index contributed by atoms with van der Waals surface area (Å²) in [5.41, 5.74) is 1.31. The maximum absolute atomic E-state index is 13.9. The number of pyridine rings is 1. The van der Waals surface area contributed by atoms with Gasteiger partial charge in [0.15, 0.2) is 17.2 Å². The molecule has 160 valence electrons. The van der Waals surface area contributed by atoms with E-state index in [1.54, 1.807) is 23.8 Å². The normalized spacial score (nSPS) is 19.0. The molecule has 2 heterocycles. The van der Waals surface area contributed by atoms with Gasteiger partial charge in [-0.15, -0.1) is 5.10 Å². The molecule has 8 nitrogen and oxygen atoms in total. The van der Waals surface area contributed by atoms with Crippen molar-refractivity contribution in [2.75, 3.05) is 31.0 Å². The van der Waals surface area contributed by atoms with Crippen LogP contribution in [0.25, 0.3) is 5.65 Å². The summed E-state index contributed by atoms with van der Waals surface area (Å²) in [5, 5.41) is 20.9. The van der Waals surface area contributed by atoms with Gasteiger partial charge < -0.3 is 25.2 Å². The molecule has 0 aliphatic heterocycles. The van der Waals surface area contributed by atoms with Crippen LogP contribution in [0.1, 0.15) is 25.7 Å². The molecule has 2 aromatic heterocycles. The zero-order valence-electron chi connectivity index (χ0n) is 16.8. The van der Waals surface area contributed by atoms with Crippen molar-refractivity contribution in [1.29, 1.82) is 0 Å². The first-order valence-corrected chi connectivity index (χ1v) is 10.1. The largest absolute Gasteiger partial charge is 0.488 e. The molecule has 0 saturated heterocycles. The van der Waals surface area contributed by atoms with Gasteiger partial charge in [0.2, 0.25) is 5.95 Å². The molecule has 0 bridgehead atoms. The molecular weight excluding hydrogens is 389 g/mol. The van der Waals surface area contributed by atoms with Gasteiger partial charge in [-0.1, -0.05) is 6.07 Å². The summed E-state index contributed by atoms with van der Waals surface area (Å²) in [6.07, 6.45) is 3.24. The number of nitrogens with zero attached hydrogens (tertiary/aromatic N) is 3. The summed E-state index contributed by atoms with van der Waals surface area (Å²) in [6, 6.07) is 10.6. The second kappa shape index (κ2) is 9.27. The summed E-state index contributed by atoms with van der Waals surface area (Å²) >= 11 is 0. The van der Waals surface area contributed by atoms with Crippen LogP contribution in [0.5, 0.6) is 5.75 Å². The van der Waals surface area contributed by atoms with Crippen LogP contribution in [-0.4, -0.2) is 52.2 Å². The number of halogens is 1. The number of aliphatic hydroxyl groups is 1. The Morgan fingerprint density at radius 1 is 1.17 bits per heavy atom. The number of hydrogen-bond acceptors (Lipinski definition) is 7. The van der Waals surface area contributed by atoms with Gasteiger partial charge in [-0.05, 0) is 49.9 Å².